The molecule has 5 rings (SSSR count). The fourth-order valence-corrected chi connectivity index (χ4v) is 6.13. The van der Waals surface area contributed by atoms with Gasteiger partial charge in [-0.3, -0.25) is 0 Å². The van der Waals surface area contributed by atoms with Crippen molar-refractivity contribution in [1.82, 2.24) is 9.21 Å². The molecule has 0 bridgehead atoms. The number of hydrogen-bond donors (Lipinski definition) is 0. The molecule has 0 amide bonds. The first-order valence-corrected chi connectivity index (χ1v) is 12.8. The zero-order valence-corrected chi connectivity index (χ0v) is 20.5. The minimum Gasteiger partial charge on any atom is -0.497 e. The average molecular weight is 496 g/mol. The van der Waals surface area contributed by atoms with Crippen LogP contribution in [0.3, 0.4) is 0 Å². The molecule has 1 fully saturated rings. The van der Waals surface area contributed by atoms with Gasteiger partial charge in [0.05, 0.1) is 17.6 Å². The van der Waals surface area contributed by atoms with Crippen molar-refractivity contribution in [3.05, 3.63) is 77.6 Å². The van der Waals surface area contributed by atoms with Gasteiger partial charge in [0.15, 0.2) is 5.75 Å². The first-order chi connectivity index (χ1) is 16.8. The van der Waals surface area contributed by atoms with Gasteiger partial charge in [-0.2, -0.15) is 4.31 Å². The van der Waals surface area contributed by atoms with Gasteiger partial charge in [0.2, 0.25) is 10.0 Å². The van der Waals surface area contributed by atoms with Crippen LogP contribution in [-0.4, -0.2) is 56.2 Å². The number of methoxy groups -OCH3 is 1. The van der Waals surface area contributed by atoms with Gasteiger partial charge in [0, 0.05) is 31.7 Å². The predicted octanol–water partition coefficient (Wildman–Crippen LogP) is 4.72. The van der Waals surface area contributed by atoms with E-state index in [2.05, 4.69) is 4.90 Å². The lowest BCUT2D eigenvalue weighted by Crippen LogP contribution is -2.55. The summed E-state index contributed by atoms with van der Waals surface area (Å²) in [6, 6.07) is 16.2. The van der Waals surface area contributed by atoms with E-state index in [-0.39, 0.29) is 17.5 Å². The third-order valence-corrected chi connectivity index (χ3v) is 8.27. The second-order valence-corrected chi connectivity index (χ2v) is 10.6. The lowest BCUT2D eigenvalue weighted by Gasteiger charge is -2.40. The Hall–Kier alpha value is -3.43. The first kappa shape index (κ1) is 23.3. The summed E-state index contributed by atoms with van der Waals surface area (Å²) in [4.78, 5) is 6.98. The molecule has 3 aromatic rings. The Kier molecular flexibility index (Phi) is 5.98. The van der Waals surface area contributed by atoms with Crippen LogP contribution < -0.4 is 9.47 Å². The van der Waals surface area contributed by atoms with E-state index >= 15 is 0 Å². The van der Waals surface area contributed by atoms with Gasteiger partial charge in [-0.15, -0.1) is 0 Å². The summed E-state index contributed by atoms with van der Waals surface area (Å²) in [5.74, 6) is 2.06. The number of piperazine rings is 1. The van der Waals surface area contributed by atoms with Crippen molar-refractivity contribution < 1.29 is 22.3 Å². The van der Waals surface area contributed by atoms with E-state index in [0.29, 0.717) is 41.9 Å². The molecule has 7 nitrogen and oxygen atoms in total. The van der Waals surface area contributed by atoms with E-state index in [9.17, 15) is 12.8 Å². The molecule has 0 saturated carbocycles. The molecular weight excluding hydrogens is 469 g/mol. The molecule has 2 heterocycles. The van der Waals surface area contributed by atoms with Gasteiger partial charge in [-0.05, 0) is 61.9 Å². The molecule has 0 aromatic heterocycles. The number of benzene rings is 3. The fraction of sp³-hybridized carbons (Fsp3) is 0.269. The Balaban J connectivity index is 1.50. The van der Waals surface area contributed by atoms with Crippen LogP contribution >= 0.6 is 0 Å². The van der Waals surface area contributed by atoms with E-state index in [1.54, 1.807) is 7.11 Å². The smallest absolute Gasteiger partial charge is 0.243 e. The monoisotopic (exact) mass is 495 g/mol. The zero-order chi connectivity index (χ0) is 24.7. The number of aliphatic imine (C=N–C) groups is 1. The lowest BCUT2D eigenvalue weighted by molar-refractivity contribution is 0.205. The molecule has 1 unspecified atom stereocenters. The number of aryl methyl sites for hydroxylation is 1. The van der Waals surface area contributed by atoms with Crippen LogP contribution in [0.5, 0.6) is 17.2 Å². The zero-order valence-electron chi connectivity index (χ0n) is 19.7. The fourth-order valence-electron chi connectivity index (χ4n) is 4.48. The lowest BCUT2D eigenvalue weighted by atomic mass is 10.1. The number of hydrogen-bond acceptors (Lipinski definition) is 6. The quantitative estimate of drug-likeness (QED) is 0.526. The Morgan fingerprint density at radius 3 is 2.63 bits per heavy atom. The third-order valence-electron chi connectivity index (χ3n) is 6.26. The molecule has 1 saturated heterocycles. The van der Waals surface area contributed by atoms with Gasteiger partial charge >= 0.3 is 0 Å². The van der Waals surface area contributed by atoms with Crippen molar-refractivity contribution >= 4 is 21.5 Å². The van der Waals surface area contributed by atoms with Crippen molar-refractivity contribution in [1.29, 1.82) is 0 Å². The van der Waals surface area contributed by atoms with Crippen LogP contribution in [0, 0.1) is 12.7 Å². The van der Waals surface area contributed by atoms with Gasteiger partial charge in [0.1, 0.15) is 28.8 Å². The summed E-state index contributed by atoms with van der Waals surface area (Å²) in [5, 5.41) is 0. The highest BCUT2D eigenvalue weighted by Gasteiger charge is 2.36. The minimum absolute atomic E-state index is 0.0419. The van der Waals surface area contributed by atoms with Crippen molar-refractivity contribution in [3.8, 4) is 17.2 Å². The Labute approximate surface area is 204 Å². The summed E-state index contributed by atoms with van der Waals surface area (Å²) < 4.78 is 53.3. The van der Waals surface area contributed by atoms with E-state index in [1.165, 1.54) is 22.5 Å². The maximum atomic E-state index is 13.7. The second-order valence-electron chi connectivity index (χ2n) is 8.74. The number of amidine groups is 1. The van der Waals surface area contributed by atoms with Crippen LogP contribution in [0.1, 0.15) is 18.1 Å². The van der Waals surface area contributed by atoms with Gasteiger partial charge in [-0.1, -0.05) is 12.1 Å². The van der Waals surface area contributed by atoms with Crippen LogP contribution in [0.2, 0.25) is 0 Å². The molecule has 2 aliphatic rings. The van der Waals surface area contributed by atoms with Crippen LogP contribution in [0.25, 0.3) is 0 Å². The van der Waals surface area contributed by atoms with Gasteiger partial charge in [0.25, 0.3) is 0 Å². The normalized spacial score (nSPS) is 18.1. The second kappa shape index (κ2) is 8.98. The highest BCUT2D eigenvalue weighted by Crippen LogP contribution is 2.40. The summed E-state index contributed by atoms with van der Waals surface area (Å²) in [6.45, 7) is 4.92. The summed E-state index contributed by atoms with van der Waals surface area (Å²) >= 11 is 0. The highest BCUT2D eigenvalue weighted by molar-refractivity contribution is 7.89. The molecule has 9 heteroatoms. The van der Waals surface area contributed by atoms with Gasteiger partial charge < -0.3 is 14.4 Å². The van der Waals surface area contributed by atoms with E-state index in [0.717, 1.165) is 17.2 Å². The maximum Gasteiger partial charge on any atom is 0.243 e. The molecular formula is C26H26FN3O4S. The summed E-state index contributed by atoms with van der Waals surface area (Å²) in [6.07, 6.45) is 0. The Morgan fingerprint density at radius 2 is 1.89 bits per heavy atom. The molecule has 182 valence electrons. The van der Waals surface area contributed by atoms with E-state index in [4.69, 9.17) is 14.5 Å². The molecule has 0 N–H and O–H groups in total. The topological polar surface area (TPSA) is 71.4 Å². The van der Waals surface area contributed by atoms with Crippen LogP contribution in [-0.2, 0) is 10.0 Å². The molecule has 0 spiro atoms. The average Bonchev–Trinajstić information content (AvgIpc) is 2.99. The molecule has 0 aliphatic carbocycles. The largest absolute Gasteiger partial charge is 0.497 e. The Morgan fingerprint density at radius 1 is 1.06 bits per heavy atom. The predicted molar refractivity (Wildman–Crippen MR) is 132 cm³/mol. The number of halogens is 1. The van der Waals surface area contributed by atoms with Crippen molar-refractivity contribution in [2.75, 3.05) is 26.7 Å². The summed E-state index contributed by atoms with van der Waals surface area (Å²) in [5.41, 5.74) is 2.55. The number of rotatable bonds is 3. The number of nitrogens with zero attached hydrogens (tertiary/aromatic N) is 3. The van der Waals surface area contributed by atoms with E-state index < -0.39 is 15.8 Å². The maximum absolute atomic E-state index is 13.7. The first-order valence-electron chi connectivity index (χ1n) is 11.3. The van der Waals surface area contributed by atoms with Gasteiger partial charge in [-0.25, -0.2) is 17.8 Å². The number of ether oxygens (including phenoxy) is 2. The summed E-state index contributed by atoms with van der Waals surface area (Å²) in [7, 11) is -2.23. The highest BCUT2D eigenvalue weighted by atomic mass is 32.2. The Bertz CT molecular complexity index is 1420. The minimum atomic E-state index is -3.83. The van der Waals surface area contributed by atoms with Crippen molar-refractivity contribution in [2.24, 2.45) is 4.99 Å². The van der Waals surface area contributed by atoms with Crippen molar-refractivity contribution in [3.63, 3.8) is 0 Å². The third kappa shape index (κ3) is 4.37. The standard InChI is InChI=1S/C26H26FN3O4S/c1-17-7-10-23-25(13-17)34-24-15-20(33-3)8-9-22(24)26(28-23)29-11-12-30(18(2)16-29)35(31,32)21-6-4-5-19(27)14-21/h4-10,13-15,18H,11-12,16H2,1-3H3. The number of sulfonamides is 1. The molecule has 0 radical (unpaired) electrons. The SMILES string of the molecule is COc1ccc2c(c1)Oc1cc(C)ccc1N=C2N1CCN(S(=O)(=O)c2cccc(F)c2)C(C)C1. The molecule has 3 aromatic carbocycles. The van der Waals surface area contributed by atoms with Crippen LogP contribution in [0.4, 0.5) is 10.1 Å². The molecule has 35 heavy (non-hydrogen) atoms. The van der Waals surface area contributed by atoms with Crippen molar-refractivity contribution in [2.45, 2.75) is 24.8 Å². The molecule has 1 atom stereocenters. The van der Waals surface area contributed by atoms with E-state index in [1.807, 2.05) is 50.2 Å². The molecule has 2 aliphatic heterocycles. The number of fused-ring (bicyclic) bond motifs is 2. The van der Waals surface area contributed by atoms with Crippen LogP contribution in [0.15, 0.2) is 70.6 Å².